The van der Waals surface area contributed by atoms with Gasteiger partial charge in [0.1, 0.15) is 122 Å². The summed E-state index contributed by atoms with van der Waals surface area (Å²) in [6.07, 6.45) is -44.9. The van der Waals surface area contributed by atoms with Crippen molar-refractivity contribution >= 4 is 44.4 Å². The second-order valence-electron chi connectivity index (χ2n) is 24.3. The van der Waals surface area contributed by atoms with Crippen molar-refractivity contribution in [3.8, 4) is 0 Å². The smallest absolute Gasteiger partial charge is 0.394 e. The molecule has 0 saturated carbocycles. The van der Waals surface area contributed by atoms with Crippen molar-refractivity contribution in [3.05, 3.63) is 0 Å². The van der Waals surface area contributed by atoms with Crippen LogP contribution in [-0.2, 0) is 124 Å². The number of ether oxygens (including phenoxy) is 16. The van der Waals surface area contributed by atoms with Gasteiger partial charge in [0.2, 0.25) is 23.6 Å². The molecule has 45 heteroatoms. The van der Waals surface area contributed by atoms with E-state index in [4.69, 9.17) is 75.8 Å². The van der Waals surface area contributed by atoms with Crippen LogP contribution in [0, 0.1) is 0 Å². The van der Waals surface area contributed by atoms with Crippen LogP contribution >= 0.6 is 0 Å². The van der Waals surface area contributed by atoms with Gasteiger partial charge in [0.25, 0.3) is 0 Å². The minimum absolute atomic E-state index is 0.320. The number of hydrogen-bond acceptors (Lipinski definition) is 37. The number of hydrogen-bond donors (Lipinski definition) is 17. The standard InChI is InChI=1S/C53H88N4O39S2/c1-18(60)54-38-42(69)46(27(10-58)86-50(38)79-5)93-35-7-23(65)29(13-81-35)88-51-39(55-19(2)61)43(70)47(28(11-59)87-51)94-36-8-24(66)30(14-82-36)89-53-41(57-21(4)63)45(72)49(33(92-53)17-85-98(76,77)78)96-37-9-25(67)31(15-83-37)90-52-40(56-20(3)62)44(71)48(32(91-52)16-84-97(73,74)75)95-34-6-22(64)26(68)12-80-34/h22-53,58-59,64-72H,6-17H2,1-5H3,(H,54,60)(H,55,61)(H,56,62)(H,57,63)(H,73,74,75)(H,76,77,78)/t22-,23-,24-,25-,26+,27?,28?,29-,30-,31-,32?,33?,34-,35-,36-,37-,38?,39?,40?,41?,42+,43+,44+,45+,46+,47+,48+,49+,50-,51-,52+,53+/m0/s1. The van der Waals surface area contributed by atoms with Crippen molar-refractivity contribution < 1.29 is 185 Å². The summed E-state index contributed by atoms with van der Waals surface area (Å²) in [5, 5.41) is 132. The third kappa shape index (κ3) is 21.4. The van der Waals surface area contributed by atoms with Crippen LogP contribution in [0.4, 0.5) is 0 Å². The largest absolute Gasteiger partial charge is 0.397 e. The van der Waals surface area contributed by atoms with Gasteiger partial charge < -0.3 is 153 Å². The van der Waals surface area contributed by atoms with E-state index in [0.717, 1.165) is 20.8 Å². The van der Waals surface area contributed by atoms with Gasteiger partial charge in [0.05, 0.1) is 77.3 Å². The molecule has 0 radical (unpaired) electrons. The minimum Gasteiger partial charge on any atom is -0.394 e. The zero-order chi connectivity index (χ0) is 71.8. The summed E-state index contributed by atoms with van der Waals surface area (Å²) in [6.45, 7) is -1.38. The molecule has 0 aliphatic carbocycles. The fourth-order valence-corrected chi connectivity index (χ4v) is 12.9. The van der Waals surface area contributed by atoms with Gasteiger partial charge in [0.15, 0.2) is 50.3 Å². The average Bonchev–Trinajstić information content (AvgIpc) is 0.799. The van der Waals surface area contributed by atoms with Gasteiger partial charge in [-0.2, -0.15) is 16.8 Å². The monoisotopic (exact) mass is 1470 g/mol. The van der Waals surface area contributed by atoms with E-state index in [1.165, 1.54) is 14.0 Å². The quantitative estimate of drug-likeness (QED) is 0.0340. The van der Waals surface area contributed by atoms with Crippen molar-refractivity contribution in [2.24, 2.45) is 0 Å². The molecular formula is C53H88N4O39S2. The van der Waals surface area contributed by atoms with Crippen LogP contribution in [0.2, 0.25) is 0 Å². The fraction of sp³-hybridized carbons (Fsp3) is 0.925. The van der Waals surface area contributed by atoms with Crippen molar-refractivity contribution in [3.63, 3.8) is 0 Å². The Morgan fingerprint density at radius 2 is 0.653 bits per heavy atom. The molecule has 8 unspecified atom stereocenters. The molecule has 566 valence electrons. The lowest BCUT2D eigenvalue weighted by Gasteiger charge is -2.48. The molecule has 8 fully saturated rings. The molecule has 4 amide bonds. The molecule has 8 rings (SSSR count). The minimum atomic E-state index is -5.27. The maximum atomic E-state index is 12.7. The second-order valence-corrected chi connectivity index (χ2v) is 26.5. The highest BCUT2D eigenvalue weighted by atomic mass is 32.3. The van der Waals surface area contributed by atoms with E-state index < -0.39 is 307 Å². The van der Waals surface area contributed by atoms with Crippen LogP contribution in [0.15, 0.2) is 0 Å². The van der Waals surface area contributed by atoms with Crippen LogP contribution in [0.5, 0.6) is 0 Å². The Hall–Kier alpha value is -3.46. The Morgan fingerprint density at radius 1 is 0.388 bits per heavy atom. The van der Waals surface area contributed by atoms with Crippen molar-refractivity contribution in [2.75, 3.05) is 60.0 Å². The number of aliphatic hydroxyl groups is 11. The van der Waals surface area contributed by atoms with E-state index in [-0.39, 0.29) is 12.8 Å². The second kappa shape index (κ2) is 35.3. The lowest BCUT2D eigenvalue weighted by Crippen LogP contribution is -2.68. The predicted molar refractivity (Wildman–Crippen MR) is 307 cm³/mol. The van der Waals surface area contributed by atoms with E-state index in [9.17, 15) is 101 Å². The summed E-state index contributed by atoms with van der Waals surface area (Å²) in [5.74, 6) is -2.81. The topological polar surface area (TPSA) is 614 Å². The molecule has 0 aromatic rings. The lowest BCUT2D eigenvalue weighted by molar-refractivity contribution is -0.352. The summed E-state index contributed by atoms with van der Waals surface area (Å²) >= 11 is 0. The molecule has 8 saturated heterocycles. The van der Waals surface area contributed by atoms with Gasteiger partial charge >= 0.3 is 20.8 Å². The Labute approximate surface area is 559 Å². The van der Waals surface area contributed by atoms with E-state index in [0.29, 0.717) is 0 Å². The Bertz CT molecular complexity index is 2830. The van der Waals surface area contributed by atoms with Gasteiger partial charge in [0, 0.05) is 60.5 Å². The maximum absolute atomic E-state index is 12.7. The van der Waals surface area contributed by atoms with Gasteiger partial charge in [-0.05, 0) is 0 Å². The summed E-state index contributed by atoms with van der Waals surface area (Å²) < 4.78 is 169. The number of amides is 4. The number of carbonyl (C=O) groups is 4. The summed E-state index contributed by atoms with van der Waals surface area (Å²) in [4.78, 5) is 49.7. The van der Waals surface area contributed by atoms with Crippen molar-refractivity contribution in [1.29, 1.82) is 0 Å². The van der Waals surface area contributed by atoms with Gasteiger partial charge in [-0.3, -0.25) is 28.3 Å². The first-order valence-electron chi connectivity index (χ1n) is 31.0. The van der Waals surface area contributed by atoms with Crippen LogP contribution in [0.25, 0.3) is 0 Å². The normalized spacial score (nSPS) is 43.7. The number of methoxy groups -OCH3 is 1. The molecule has 32 atom stereocenters. The van der Waals surface area contributed by atoms with Crippen LogP contribution in [-0.4, -0.2) is 362 Å². The Morgan fingerprint density at radius 3 is 0.918 bits per heavy atom. The van der Waals surface area contributed by atoms with Crippen LogP contribution in [0.1, 0.15) is 53.4 Å². The molecule has 0 aromatic carbocycles. The van der Waals surface area contributed by atoms with Crippen molar-refractivity contribution in [1.82, 2.24) is 21.3 Å². The molecule has 8 heterocycles. The summed E-state index contributed by atoms with van der Waals surface area (Å²) in [7, 11) is -9.17. The number of carbonyl (C=O) groups excluding carboxylic acids is 4. The van der Waals surface area contributed by atoms with E-state index >= 15 is 0 Å². The van der Waals surface area contributed by atoms with Gasteiger partial charge in [-0.1, -0.05) is 0 Å². The first kappa shape index (κ1) is 80.2. The number of rotatable bonds is 27. The van der Waals surface area contributed by atoms with Crippen molar-refractivity contribution in [2.45, 2.75) is 250 Å². The highest BCUT2D eigenvalue weighted by Gasteiger charge is 2.56. The van der Waals surface area contributed by atoms with Crippen LogP contribution in [0.3, 0.4) is 0 Å². The first-order valence-corrected chi connectivity index (χ1v) is 33.7. The summed E-state index contributed by atoms with van der Waals surface area (Å²) in [6, 6.07) is -5.89. The highest BCUT2D eigenvalue weighted by Crippen LogP contribution is 2.37. The maximum Gasteiger partial charge on any atom is 0.397 e. The van der Waals surface area contributed by atoms with E-state index in [1.807, 2.05) is 0 Å². The van der Waals surface area contributed by atoms with Gasteiger partial charge in [-0.15, -0.1) is 0 Å². The zero-order valence-corrected chi connectivity index (χ0v) is 54.8. The van der Waals surface area contributed by atoms with E-state index in [2.05, 4.69) is 29.6 Å². The average molecular weight is 1470 g/mol. The third-order valence-electron chi connectivity index (χ3n) is 16.9. The number of aliphatic hydroxyl groups excluding tert-OH is 11. The molecule has 17 N–H and O–H groups in total. The molecule has 8 aliphatic heterocycles. The molecule has 0 spiro atoms. The molecule has 98 heavy (non-hydrogen) atoms. The Balaban J connectivity index is 0.881. The summed E-state index contributed by atoms with van der Waals surface area (Å²) in [5.41, 5.74) is 0. The van der Waals surface area contributed by atoms with Crippen LogP contribution < -0.4 is 21.3 Å². The third-order valence-corrected chi connectivity index (χ3v) is 17.8. The first-order chi connectivity index (χ1) is 46.1. The molecular weight excluding hydrogens is 1380 g/mol. The highest BCUT2D eigenvalue weighted by molar-refractivity contribution is 7.81. The molecule has 0 aromatic heterocycles. The van der Waals surface area contributed by atoms with Gasteiger partial charge in [-0.25, -0.2) is 8.37 Å². The Kier molecular flexibility index (Phi) is 28.9. The zero-order valence-electron chi connectivity index (χ0n) is 53.2. The SMILES string of the molecule is CO[C@H]1OC(CO)[C@@H](O[C@H]2C[C@H](O)[C@@H](O[C@@H]3OC(CO)[C@@H](O[C@H]4C[C@H](O)[C@@H](O[C@@H]5OC(COS(=O)(=O)O)[C@@H](O[C@H]6C[C@H](O)[C@@H](O[C@@H]7OC(COS(=O)(=O)O)[C@@H](O[C@H]8C[C@H](O)[C@H](O)CO8)[C@H](O)C7NC(C)=O)CO6)[C@H](O)C5NC(C)=O)CO4)[C@H](O)C3NC(C)=O)CO2)[C@H](O)C1NC(C)=O. The van der Waals surface area contributed by atoms with E-state index in [1.54, 1.807) is 0 Å². The molecule has 8 aliphatic rings. The molecule has 43 nitrogen and oxygen atoms in total. The number of nitrogens with one attached hydrogen (secondary N) is 4. The molecule has 0 bridgehead atoms. The fourth-order valence-electron chi connectivity index (χ4n) is 12.2. The lowest BCUT2D eigenvalue weighted by atomic mass is 9.95. The predicted octanol–water partition coefficient (Wildman–Crippen LogP) is -10.9.